The number of amides is 1. The third-order valence-corrected chi connectivity index (χ3v) is 5.50. The van der Waals surface area contributed by atoms with Crippen LogP contribution >= 0.6 is 11.6 Å². The van der Waals surface area contributed by atoms with Gasteiger partial charge in [-0.2, -0.15) is 13.9 Å². The normalized spacial score (nSPS) is 11.5. The molecule has 0 aliphatic heterocycles. The summed E-state index contributed by atoms with van der Waals surface area (Å²) in [5.41, 5.74) is 0.995. The van der Waals surface area contributed by atoms with Gasteiger partial charge in [-0.15, -0.1) is 0 Å². The van der Waals surface area contributed by atoms with Crippen molar-refractivity contribution >= 4 is 33.2 Å². The van der Waals surface area contributed by atoms with Crippen molar-refractivity contribution in [2.24, 2.45) is 5.14 Å². The standard InChI is InChI=1S/C19H17ClF2N4O4S/c20-16-4-2-1-3-12(16)7-18(27)25-14-6-5-13(17(8-14)31(23,28)29)11-30-15-9-24-26(10-15)19(21)22/h1-6,8-10,19H,7,11H2,(H,25,27)(H2,23,28,29). The Hall–Kier alpha value is -3.02. The SMILES string of the molecule is NS(=O)(=O)c1cc(NC(=O)Cc2ccccc2Cl)ccc1COc1cnn(C(F)F)c1. The van der Waals surface area contributed by atoms with Gasteiger partial charge in [0.2, 0.25) is 15.9 Å². The van der Waals surface area contributed by atoms with Crippen LogP contribution in [0, 0.1) is 0 Å². The van der Waals surface area contributed by atoms with Crippen LogP contribution in [0.15, 0.2) is 59.8 Å². The highest BCUT2D eigenvalue weighted by Gasteiger charge is 2.17. The third kappa shape index (κ3) is 6.00. The Kier molecular flexibility index (Phi) is 6.88. The molecule has 0 atom stereocenters. The molecule has 164 valence electrons. The maximum Gasteiger partial charge on any atom is 0.333 e. The van der Waals surface area contributed by atoms with Gasteiger partial charge in [-0.1, -0.05) is 35.9 Å². The van der Waals surface area contributed by atoms with Gasteiger partial charge in [0.05, 0.1) is 23.7 Å². The molecule has 0 aliphatic rings. The molecule has 0 saturated heterocycles. The molecule has 2 aromatic carbocycles. The number of rotatable bonds is 8. The van der Waals surface area contributed by atoms with Crippen LogP contribution < -0.4 is 15.2 Å². The zero-order chi connectivity index (χ0) is 22.6. The number of hydrogen-bond acceptors (Lipinski definition) is 5. The van der Waals surface area contributed by atoms with E-state index in [4.69, 9.17) is 21.5 Å². The maximum absolute atomic E-state index is 12.6. The zero-order valence-corrected chi connectivity index (χ0v) is 17.4. The number of primary sulfonamides is 1. The number of sulfonamides is 1. The third-order valence-electron chi connectivity index (χ3n) is 4.14. The summed E-state index contributed by atoms with van der Waals surface area (Å²) in [4.78, 5) is 12.0. The number of ether oxygens (including phenoxy) is 1. The first-order valence-electron chi connectivity index (χ1n) is 8.77. The first-order chi connectivity index (χ1) is 14.6. The van der Waals surface area contributed by atoms with Gasteiger partial charge in [0.1, 0.15) is 6.61 Å². The Morgan fingerprint density at radius 2 is 1.97 bits per heavy atom. The average molecular weight is 471 g/mol. The summed E-state index contributed by atoms with van der Waals surface area (Å²) in [5.74, 6) is -0.380. The Balaban J connectivity index is 1.75. The quantitative estimate of drug-likeness (QED) is 0.523. The zero-order valence-electron chi connectivity index (χ0n) is 15.8. The molecule has 3 rings (SSSR count). The number of benzene rings is 2. The first-order valence-corrected chi connectivity index (χ1v) is 10.7. The Bertz CT molecular complexity index is 1200. The summed E-state index contributed by atoms with van der Waals surface area (Å²) >= 11 is 6.04. The minimum Gasteiger partial charge on any atom is -0.486 e. The fourth-order valence-corrected chi connectivity index (χ4v) is 3.69. The summed E-state index contributed by atoms with van der Waals surface area (Å²) in [6.07, 6.45) is 2.04. The summed E-state index contributed by atoms with van der Waals surface area (Å²) in [6.45, 7) is -3.10. The predicted molar refractivity (Wildman–Crippen MR) is 109 cm³/mol. The lowest BCUT2D eigenvalue weighted by molar-refractivity contribution is -0.115. The number of aromatic nitrogens is 2. The summed E-state index contributed by atoms with van der Waals surface area (Å²) < 4.78 is 54.9. The number of nitrogens with one attached hydrogen (secondary N) is 1. The summed E-state index contributed by atoms with van der Waals surface area (Å²) in [5, 5.41) is 11.7. The van der Waals surface area contributed by atoms with Crippen molar-refractivity contribution in [1.29, 1.82) is 0 Å². The van der Waals surface area contributed by atoms with Crippen LogP contribution in [-0.4, -0.2) is 24.1 Å². The lowest BCUT2D eigenvalue weighted by atomic mass is 10.1. The van der Waals surface area contributed by atoms with E-state index in [1.54, 1.807) is 24.3 Å². The molecule has 3 N–H and O–H groups in total. The van der Waals surface area contributed by atoms with Crippen molar-refractivity contribution in [1.82, 2.24) is 9.78 Å². The van der Waals surface area contributed by atoms with Crippen molar-refractivity contribution in [3.8, 4) is 5.75 Å². The average Bonchev–Trinajstić information content (AvgIpc) is 3.17. The number of nitrogens with two attached hydrogens (primary N) is 1. The van der Waals surface area contributed by atoms with Crippen molar-refractivity contribution in [2.75, 3.05) is 5.32 Å². The molecular weight excluding hydrogens is 454 g/mol. The molecule has 1 amide bonds. The molecule has 0 unspecified atom stereocenters. The van der Waals surface area contributed by atoms with Gasteiger partial charge >= 0.3 is 6.55 Å². The van der Waals surface area contributed by atoms with Crippen LogP contribution in [0.1, 0.15) is 17.7 Å². The van der Waals surface area contributed by atoms with E-state index in [2.05, 4.69) is 10.4 Å². The number of halogens is 3. The van der Waals surface area contributed by atoms with Gasteiger partial charge < -0.3 is 10.1 Å². The molecule has 0 spiro atoms. The predicted octanol–water partition coefficient (Wildman–Crippen LogP) is 3.34. The molecule has 12 heteroatoms. The van der Waals surface area contributed by atoms with E-state index < -0.39 is 22.5 Å². The minimum atomic E-state index is -4.16. The molecule has 31 heavy (non-hydrogen) atoms. The van der Waals surface area contributed by atoms with Crippen LogP contribution in [0.5, 0.6) is 5.75 Å². The highest BCUT2D eigenvalue weighted by Crippen LogP contribution is 2.23. The van der Waals surface area contributed by atoms with Crippen LogP contribution in [0.2, 0.25) is 5.02 Å². The summed E-state index contributed by atoms with van der Waals surface area (Å²) in [6, 6.07) is 10.9. The van der Waals surface area contributed by atoms with Crippen molar-refractivity contribution in [3.05, 3.63) is 71.0 Å². The molecule has 0 saturated carbocycles. The van der Waals surface area contributed by atoms with Crippen LogP contribution in [-0.2, 0) is 27.8 Å². The molecule has 1 heterocycles. The van der Waals surface area contributed by atoms with E-state index in [1.807, 2.05) is 0 Å². The second-order valence-corrected chi connectivity index (χ2v) is 8.34. The van der Waals surface area contributed by atoms with E-state index in [-0.39, 0.29) is 34.9 Å². The lowest BCUT2D eigenvalue weighted by Crippen LogP contribution is -2.18. The topological polar surface area (TPSA) is 116 Å². The van der Waals surface area contributed by atoms with Gasteiger partial charge in [-0.3, -0.25) is 4.79 Å². The molecule has 1 aromatic heterocycles. The van der Waals surface area contributed by atoms with Gasteiger partial charge in [-0.25, -0.2) is 18.2 Å². The molecule has 0 aliphatic carbocycles. The lowest BCUT2D eigenvalue weighted by Gasteiger charge is -2.12. The fourth-order valence-electron chi connectivity index (χ4n) is 2.70. The molecule has 0 fully saturated rings. The number of anilines is 1. The van der Waals surface area contributed by atoms with E-state index in [0.29, 0.717) is 15.3 Å². The number of hydrogen-bond donors (Lipinski definition) is 2. The van der Waals surface area contributed by atoms with Crippen LogP contribution in [0.25, 0.3) is 0 Å². The minimum absolute atomic E-state index is 0.0105. The smallest absolute Gasteiger partial charge is 0.333 e. The fraction of sp³-hybridized carbons (Fsp3) is 0.158. The Labute approximate surface area is 181 Å². The Morgan fingerprint density at radius 1 is 1.23 bits per heavy atom. The van der Waals surface area contributed by atoms with Gasteiger partial charge in [-0.05, 0) is 23.8 Å². The number of carbonyl (C=O) groups excluding carboxylic acids is 1. The van der Waals surface area contributed by atoms with Gasteiger partial charge in [0, 0.05) is 16.3 Å². The first kappa shape index (κ1) is 22.7. The van der Waals surface area contributed by atoms with E-state index in [1.165, 1.54) is 18.2 Å². The van der Waals surface area contributed by atoms with Gasteiger partial charge in [0.15, 0.2) is 5.75 Å². The highest BCUT2D eigenvalue weighted by molar-refractivity contribution is 7.89. The Morgan fingerprint density at radius 3 is 2.61 bits per heavy atom. The highest BCUT2D eigenvalue weighted by atomic mass is 35.5. The molecular formula is C19H17ClF2N4O4S. The molecule has 0 bridgehead atoms. The van der Waals surface area contributed by atoms with E-state index in [0.717, 1.165) is 12.4 Å². The molecule has 0 radical (unpaired) electrons. The molecule has 8 nitrogen and oxygen atoms in total. The number of nitrogens with zero attached hydrogens (tertiary/aromatic N) is 2. The summed E-state index contributed by atoms with van der Waals surface area (Å²) in [7, 11) is -4.16. The largest absolute Gasteiger partial charge is 0.486 e. The monoisotopic (exact) mass is 470 g/mol. The second-order valence-electron chi connectivity index (χ2n) is 6.41. The van der Waals surface area contributed by atoms with Gasteiger partial charge in [0.25, 0.3) is 0 Å². The number of alkyl halides is 2. The second kappa shape index (κ2) is 9.41. The van der Waals surface area contributed by atoms with E-state index in [9.17, 15) is 22.0 Å². The maximum atomic E-state index is 12.6. The van der Waals surface area contributed by atoms with Crippen LogP contribution in [0.4, 0.5) is 14.5 Å². The van der Waals surface area contributed by atoms with Crippen molar-refractivity contribution < 1.29 is 26.7 Å². The molecule has 3 aromatic rings. The number of carbonyl (C=O) groups is 1. The van der Waals surface area contributed by atoms with Crippen molar-refractivity contribution in [3.63, 3.8) is 0 Å². The van der Waals surface area contributed by atoms with E-state index >= 15 is 0 Å². The van der Waals surface area contributed by atoms with Crippen LogP contribution in [0.3, 0.4) is 0 Å². The van der Waals surface area contributed by atoms with Crippen molar-refractivity contribution in [2.45, 2.75) is 24.5 Å².